The van der Waals surface area contributed by atoms with Crippen molar-refractivity contribution in [3.8, 4) is 0 Å². The largest absolute Gasteiger partial charge is 0.345 e. The van der Waals surface area contributed by atoms with Gasteiger partial charge in [0.15, 0.2) is 0 Å². The Morgan fingerprint density at radius 2 is 2.25 bits per heavy atom. The third-order valence-corrected chi connectivity index (χ3v) is 3.25. The molecule has 0 aromatic carbocycles. The third-order valence-electron chi connectivity index (χ3n) is 3.25. The Labute approximate surface area is 95.3 Å². The molecule has 0 unspecified atom stereocenters. The van der Waals surface area contributed by atoms with E-state index >= 15 is 0 Å². The predicted molar refractivity (Wildman–Crippen MR) is 62.0 cm³/mol. The highest BCUT2D eigenvalue weighted by Gasteiger charge is 2.33. The van der Waals surface area contributed by atoms with Crippen LogP contribution in [0.2, 0.25) is 0 Å². The highest BCUT2D eigenvalue weighted by atomic mass is 16.1. The lowest BCUT2D eigenvalue weighted by Crippen LogP contribution is -2.51. The molecular weight excluding hydrogens is 202 g/mol. The van der Waals surface area contributed by atoms with E-state index < -0.39 is 0 Å². The van der Waals surface area contributed by atoms with Crippen LogP contribution in [0.3, 0.4) is 0 Å². The number of aromatic nitrogens is 1. The number of carbonyl (C=O) groups excluding carboxylic acids is 1. The Bertz CT molecular complexity index is 358. The minimum Gasteiger partial charge on any atom is -0.345 e. The van der Waals surface area contributed by atoms with Gasteiger partial charge in [-0.2, -0.15) is 0 Å². The summed E-state index contributed by atoms with van der Waals surface area (Å²) in [4.78, 5) is 15.9. The third kappa shape index (κ3) is 2.22. The molecule has 0 atom stereocenters. The zero-order chi connectivity index (χ0) is 11.4. The Morgan fingerprint density at radius 3 is 2.81 bits per heavy atom. The lowest BCUT2D eigenvalue weighted by Gasteiger charge is -2.28. The fourth-order valence-electron chi connectivity index (χ4n) is 2.24. The van der Waals surface area contributed by atoms with Crippen molar-refractivity contribution in [3.05, 3.63) is 30.1 Å². The standard InChI is InChI=1S/C12H17N3O/c13-9-12(5-1-2-6-12)15-11(16)10-4-3-7-14-8-10/h3-4,7-8H,1-2,5-6,9,13H2,(H,15,16). The van der Waals surface area contributed by atoms with Crippen LogP contribution in [0.1, 0.15) is 36.0 Å². The van der Waals surface area contributed by atoms with Gasteiger partial charge in [0.25, 0.3) is 5.91 Å². The van der Waals surface area contributed by atoms with Crippen LogP contribution in [-0.4, -0.2) is 23.0 Å². The molecule has 16 heavy (non-hydrogen) atoms. The summed E-state index contributed by atoms with van der Waals surface area (Å²) in [5.41, 5.74) is 6.18. The molecule has 0 spiro atoms. The molecule has 1 amide bonds. The van der Waals surface area contributed by atoms with Crippen LogP contribution in [0.25, 0.3) is 0 Å². The molecule has 1 aliphatic rings. The van der Waals surface area contributed by atoms with E-state index in [1.54, 1.807) is 24.5 Å². The maximum atomic E-state index is 12.0. The summed E-state index contributed by atoms with van der Waals surface area (Å²) < 4.78 is 0. The first-order valence-corrected chi connectivity index (χ1v) is 5.68. The molecule has 1 aromatic heterocycles. The van der Waals surface area contributed by atoms with E-state index in [1.807, 2.05) is 0 Å². The number of hydrogen-bond donors (Lipinski definition) is 2. The number of carbonyl (C=O) groups is 1. The van der Waals surface area contributed by atoms with Crippen LogP contribution < -0.4 is 11.1 Å². The van der Waals surface area contributed by atoms with Gasteiger partial charge in [0.05, 0.1) is 11.1 Å². The van der Waals surface area contributed by atoms with E-state index in [0.717, 1.165) is 25.7 Å². The van der Waals surface area contributed by atoms with E-state index in [-0.39, 0.29) is 11.4 Å². The molecule has 0 aliphatic heterocycles. The molecule has 0 saturated heterocycles. The normalized spacial score (nSPS) is 18.3. The van der Waals surface area contributed by atoms with Gasteiger partial charge in [0.2, 0.25) is 0 Å². The van der Waals surface area contributed by atoms with Crippen molar-refractivity contribution in [2.24, 2.45) is 5.73 Å². The van der Waals surface area contributed by atoms with Crippen LogP contribution in [0.5, 0.6) is 0 Å². The van der Waals surface area contributed by atoms with Crippen LogP contribution in [0.4, 0.5) is 0 Å². The predicted octanol–water partition coefficient (Wildman–Crippen LogP) is 1.08. The van der Waals surface area contributed by atoms with Crippen LogP contribution >= 0.6 is 0 Å². The summed E-state index contributed by atoms with van der Waals surface area (Å²) in [6.45, 7) is 0.513. The van der Waals surface area contributed by atoms with Gasteiger partial charge in [-0.1, -0.05) is 12.8 Å². The molecule has 1 aromatic rings. The summed E-state index contributed by atoms with van der Waals surface area (Å²) in [6.07, 6.45) is 7.49. The van der Waals surface area contributed by atoms with Crippen molar-refractivity contribution >= 4 is 5.91 Å². The first kappa shape index (κ1) is 11.1. The summed E-state index contributed by atoms with van der Waals surface area (Å²) in [5, 5.41) is 3.05. The van der Waals surface area contributed by atoms with Crippen molar-refractivity contribution < 1.29 is 4.79 Å². The van der Waals surface area contributed by atoms with E-state index in [9.17, 15) is 4.79 Å². The first-order chi connectivity index (χ1) is 7.76. The number of rotatable bonds is 3. The van der Waals surface area contributed by atoms with Gasteiger partial charge in [0.1, 0.15) is 0 Å². The summed E-state index contributed by atoms with van der Waals surface area (Å²) in [5.74, 6) is -0.0690. The fourth-order valence-corrected chi connectivity index (χ4v) is 2.24. The molecular formula is C12H17N3O. The van der Waals surface area contributed by atoms with Gasteiger partial charge in [0, 0.05) is 18.9 Å². The Balaban J connectivity index is 2.07. The lowest BCUT2D eigenvalue weighted by molar-refractivity contribution is 0.0902. The minimum atomic E-state index is -0.188. The Hall–Kier alpha value is -1.42. The molecule has 4 heteroatoms. The van der Waals surface area contributed by atoms with E-state index in [4.69, 9.17) is 5.73 Å². The number of nitrogens with two attached hydrogens (primary N) is 1. The van der Waals surface area contributed by atoms with Crippen LogP contribution in [0.15, 0.2) is 24.5 Å². The molecule has 3 N–H and O–H groups in total. The van der Waals surface area contributed by atoms with Crippen LogP contribution in [0, 0.1) is 0 Å². The molecule has 1 heterocycles. The summed E-state index contributed by atoms with van der Waals surface area (Å²) in [6, 6.07) is 3.53. The highest BCUT2D eigenvalue weighted by molar-refractivity contribution is 5.94. The highest BCUT2D eigenvalue weighted by Crippen LogP contribution is 2.28. The zero-order valence-corrected chi connectivity index (χ0v) is 9.28. The second-order valence-corrected chi connectivity index (χ2v) is 4.39. The monoisotopic (exact) mass is 219 g/mol. The summed E-state index contributed by atoms with van der Waals surface area (Å²) in [7, 11) is 0. The van der Waals surface area contributed by atoms with Crippen molar-refractivity contribution in [2.45, 2.75) is 31.2 Å². The van der Waals surface area contributed by atoms with Crippen molar-refractivity contribution in [2.75, 3.05) is 6.54 Å². The van der Waals surface area contributed by atoms with Gasteiger partial charge < -0.3 is 11.1 Å². The number of pyridine rings is 1. The number of nitrogens with one attached hydrogen (secondary N) is 1. The molecule has 4 nitrogen and oxygen atoms in total. The second kappa shape index (κ2) is 4.61. The Morgan fingerprint density at radius 1 is 1.50 bits per heavy atom. The molecule has 2 rings (SSSR count). The molecule has 86 valence electrons. The minimum absolute atomic E-state index is 0.0690. The molecule has 1 aliphatic carbocycles. The van der Waals surface area contributed by atoms with E-state index in [0.29, 0.717) is 12.1 Å². The van der Waals surface area contributed by atoms with Gasteiger partial charge >= 0.3 is 0 Å². The first-order valence-electron chi connectivity index (χ1n) is 5.68. The second-order valence-electron chi connectivity index (χ2n) is 4.39. The maximum absolute atomic E-state index is 12.0. The quantitative estimate of drug-likeness (QED) is 0.799. The molecule has 0 bridgehead atoms. The Kier molecular flexibility index (Phi) is 3.19. The van der Waals surface area contributed by atoms with Crippen LogP contribution in [-0.2, 0) is 0 Å². The van der Waals surface area contributed by atoms with E-state index in [1.165, 1.54) is 0 Å². The zero-order valence-electron chi connectivity index (χ0n) is 9.28. The van der Waals surface area contributed by atoms with Crippen molar-refractivity contribution in [1.29, 1.82) is 0 Å². The lowest BCUT2D eigenvalue weighted by atomic mass is 9.97. The number of hydrogen-bond acceptors (Lipinski definition) is 3. The molecule has 1 saturated carbocycles. The average Bonchev–Trinajstić information content (AvgIpc) is 2.79. The maximum Gasteiger partial charge on any atom is 0.253 e. The SMILES string of the molecule is NCC1(NC(=O)c2cccnc2)CCCC1. The fraction of sp³-hybridized carbons (Fsp3) is 0.500. The summed E-state index contributed by atoms with van der Waals surface area (Å²) >= 11 is 0. The van der Waals surface area contributed by atoms with E-state index in [2.05, 4.69) is 10.3 Å². The number of nitrogens with zero attached hydrogens (tertiary/aromatic N) is 1. The smallest absolute Gasteiger partial charge is 0.253 e. The van der Waals surface area contributed by atoms with Crippen molar-refractivity contribution in [1.82, 2.24) is 10.3 Å². The van der Waals surface area contributed by atoms with Gasteiger partial charge in [-0.05, 0) is 25.0 Å². The van der Waals surface area contributed by atoms with Crippen molar-refractivity contribution in [3.63, 3.8) is 0 Å². The van der Waals surface area contributed by atoms with Gasteiger partial charge in [-0.15, -0.1) is 0 Å². The number of amides is 1. The topological polar surface area (TPSA) is 68.0 Å². The molecule has 1 fully saturated rings. The molecule has 0 radical (unpaired) electrons. The van der Waals surface area contributed by atoms with Gasteiger partial charge in [-0.3, -0.25) is 9.78 Å². The van der Waals surface area contributed by atoms with Gasteiger partial charge in [-0.25, -0.2) is 0 Å². The average molecular weight is 219 g/mol.